The maximum absolute atomic E-state index is 12.9. The van der Waals surface area contributed by atoms with Gasteiger partial charge < -0.3 is 10.0 Å². The van der Waals surface area contributed by atoms with E-state index in [1.165, 1.54) is 21.3 Å². The van der Waals surface area contributed by atoms with E-state index in [0.717, 1.165) is 15.6 Å². The first kappa shape index (κ1) is 22.0. The lowest BCUT2D eigenvalue weighted by Crippen LogP contribution is -2.51. The second-order valence-corrected chi connectivity index (χ2v) is 9.76. The van der Waals surface area contributed by atoms with E-state index in [-0.39, 0.29) is 54.8 Å². The van der Waals surface area contributed by atoms with Crippen LogP contribution in [0.3, 0.4) is 0 Å². The van der Waals surface area contributed by atoms with E-state index in [9.17, 15) is 23.1 Å². The average Bonchev–Trinajstić information content (AvgIpc) is 2.79. The van der Waals surface area contributed by atoms with Gasteiger partial charge in [0.15, 0.2) is 0 Å². The normalized spacial score (nSPS) is 15.2. The number of hydrogen-bond donors (Lipinski definition) is 1. The molecule has 0 spiro atoms. The van der Waals surface area contributed by atoms with Crippen molar-refractivity contribution in [3.63, 3.8) is 0 Å². The summed E-state index contributed by atoms with van der Waals surface area (Å²) < 4.78 is 28.3. The van der Waals surface area contributed by atoms with Crippen molar-refractivity contribution in [3.8, 4) is 5.75 Å². The topological polar surface area (TPSA) is 113 Å². The quantitative estimate of drug-likeness (QED) is 0.632. The minimum absolute atomic E-state index is 0.0977. The monoisotopic (exact) mass is 456 g/mol. The van der Waals surface area contributed by atoms with Crippen LogP contribution in [0.1, 0.15) is 11.3 Å². The van der Waals surface area contributed by atoms with E-state index >= 15 is 0 Å². The third kappa shape index (κ3) is 3.98. The Morgan fingerprint density at radius 1 is 1.03 bits per heavy atom. The zero-order valence-electron chi connectivity index (χ0n) is 17.9. The maximum atomic E-state index is 12.9. The number of aromatic hydroxyl groups is 1. The lowest BCUT2D eigenvalue weighted by molar-refractivity contribution is -0.133. The predicted octanol–water partition coefficient (Wildman–Crippen LogP) is 1.25. The summed E-state index contributed by atoms with van der Waals surface area (Å²) in [6.45, 7) is 3.89. The highest BCUT2D eigenvalue weighted by atomic mass is 32.2. The summed E-state index contributed by atoms with van der Waals surface area (Å²) in [6, 6.07) is 11.5. The number of aryl methyl sites for hydroxylation is 2. The Morgan fingerprint density at radius 2 is 1.69 bits per heavy atom. The number of phenols is 1. The molecule has 3 aromatic rings. The van der Waals surface area contributed by atoms with Crippen molar-refractivity contribution in [1.82, 2.24) is 19.0 Å². The molecule has 32 heavy (non-hydrogen) atoms. The van der Waals surface area contributed by atoms with Crippen LogP contribution >= 0.6 is 0 Å². The molecule has 0 unspecified atom stereocenters. The molecule has 10 heteroatoms. The Morgan fingerprint density at radius 3 is 2.38 bits per heavy atom. The number of carbonyl (C=O) groups excluding carboxylic acids is 1. The highest BCUT2D eigenvalue weighted by molar-refractivity contribution is 7.89. The van der Waals surface area contributed by atoms with E-state index in [2.05, 4.69) is 5.10 Å². The van der Waals surface area contributed by atoms with Crippen LogP contribution in [-0.4, -0.2) is 64.6 Å². The SMILES string of the molecule is Cc1ccc(O)c(S(=O)(=O)N2CCN(C(=O)Cn3nc(C)c4ccccc4c3=O)CC2)c1. The molecule has 2 heterocycles. The van der Waals surface area contributed by atoms with Crippen molar-refractivity contribution < 1.29 is 18.3 Å². The molecule has 1 amide bonds. The first-order valence-corrected chi connectivity index (χ1v) is 11.7. The first-order valence-electron chi connectivity index (χ1n) is 10.2. The molecule has 168 valence electrons. The number of piperazine rings is 1. The lowest BCUT2D eigenvalue weighted by atomic mass is 10.1. The zero-order chi connectivity index (χ0) is 23.0. The van der Waals surface area contributed by atoms with Gasteiger partial charge in [0.25, 0.3) is 5.56 Å². The van der Waals surface area contributed by atoms with Gasteiger partial charge in [0, 0.05) is 31.6 Å². The fourth-order valence-electron chi connectivity index (χ4n) is 3.88. The molecule has 1 aliphatic rings. The Bertz CT molecular complexity index is 1360. The van der Waals surface area contributed by atoms with Crippen molar-refractivity contribution in [3.05, 3.63) is 64.1 Å². The highest BCUT2D eigenvalue weighted by Crippen LogP contribution is 2.27. The first-order chi connectivity index (χ1) is 15.2. The second-order valence-electron chi connectivity index (χ2n) is 7.85. The summed E-state index contributed by atoms with van der Waals surface area (Å²) in [4.78, 5) is 26.9. The number of fused-ring (bicyclic) bond motifs is 1. The number of rotatable bonds is 4. The van der Waals surface area contributed by atoms with Crippen LogP contribution in [0.5, 0.6) is 5.75 Å². The van der Waals surface area contributed by atoms with E-state index in [1.54, 1.807) is 32.0 Å². The van der Waals surface area contributed by atoms with Crippen molar-refractivity contribution in [2.24, 2.45) is 0 Å². The standard InChI is InChI=1S/C22H24N4O5S/c1-15-7-8-19(27)20(13-15)32(30,31)25-11-9-24(10-12-25)21(28)14-26-22(29)18-6-4-3-5-17(18)16(2)23-26/h3-8,13,27H,9-12,14H2,1-2H3. The summed E-state index contributed by atoms with van der Waals surface area (Å²) in [6.07, 6.45) is 0. The number of phenolic OH excluding ortho intramolecular Hbond substituents is 1. The van der Waals surface area contributed by atoms with Crippen molar-refractivity contribution in [2.75, 3.05) is 26.2 Å². The van der Waals surface area contributed by atoms with Crippen LogP contribution in [0.25, 0.3) is 10.8 Å². The molecule has 4 rings (SSSR count). The largest absolute Gasteiger partial charge is 0.507 e. The number of hydrogen-bond acceptors (Lipinski definition) is 6. The molecule has 0 aliphatic carbocycles. The van der Waals surface area contributed by atoms with Gasteiger partial charge in [-0.05, 0) is 37.6 Å². The van der Waals surface area contributed by atoms with Gasteiger partial charge in [0.05, 0.1) is 11.1 Å². The molecule has 0 saturated carbocycles. The van der Waals surface area contributed by atoms with Crippen molar-refractivity contribution >= 4 is 26.7 Å². The van der Waals surface area contributed by atoms with Crippen LogP contribution in [0.2, 0.25) is 0 Å². The number of amides is 1. The molecule has 1 fully saturated rings. The molecule has 1 aromatic heterocycles. The van der Waals surface area contributed by atoms with Gasteiger partial charge in [0.2, 0.25) is 15.9 Å². The molecular weight excluding hydrogens is 432 g/mol. The maximum Gasteiger partial charge on any atom is 0.275 e. The summed E-state index contributed by atoms with van der Waals surface area (Å²) in [5, 5.41) is 15.5. The minimum atomic E-state index is -3.88. The van der Waals surface area contributed by atoms with Crippen molar-refractivity contribution in [2.45, 2.75) is 25.3 Å². The number of aromatic nitrogens is 2. The summed E-state index contributed by atoms with van der Waals surface area (Å²) in [7, 11) is -3.88. The van der Waals surface area contributed by atoms with Gasteiger partial charge in [-0.2, -0.15) is 9.40 Å². The van der Waals surface area contributed by atoms with Gasteiger partial charge >= 0.3 is 0 Å². The van der Waals surface area contributed by atoms with E-state index in [1.807, 2.05) is 12.1 Å². The Hall–Kier alpha value is -3.24. The molecule has 2 aromatic carbocycles. The van der Waals surface area contributed by atoms with Crippen molar-refractivity contribution in [1.29, 1.82) is 0 Å². The number of sulfonamides is 1. The molecule has 0 atom stereocenters. The Labute approximate surface area is 185 Å². The summed E-state index contributed by atoms with van der Waals surface area (Å²) in [5.41, 5.74) is 1.04. The van der Waals surface area contributed by atoms with Crippen LogP contribution in [0.15, 0.2) is 52.2 Å². The van der Waals surface area contributed by atoms with E-state index in [0.29, 0.717) is 11.1 Å². The van der Waals surface area contributed by atoms with Gasteiger partial charge in [-0.15, -0.1) is 0 Å². The average molecular weight is 457 g/mol. The molecule has 1 N–H and O–H groups in total. The van der Waals surface area contributed by atoms with Crippen LogP contribution in [-0.2, 0) is 21.4 Å². The summed E-state index contributed by atoms with van der Waals surface area (Å²) >= 11 is 0. The third-order valence-corrected chi connectivity index (χ3v) is 7.59. The molecule has 1 aliphatic heterocycles. The minimum Gasteiger partial charge on any atom is -0.507 e. The van der Waals surface area contributed by atoms with E-state index in [4.69, 9.17) is 0 Å². The van der Waals surface area contributed by atoms with Gasteiger partial charge in [-0.1, -0.05) is 24.3 Å². The second kappa shape index (κ2) is 8.36. The highest BCUT2D eigenvalue weighted by Gasteiger charge is 2.32. The lowest BCUT2D eigenvalue weighted by Gasteiger charge is -2.34. The fraction of sp³-hybridized carbons (Fsp3) is 0.318. The number of carbonyl (C=O) groups is 1. The van der Waals surface area contributed by atoms with Gasteiger partial charge in [-0.3, -0.25) is 9.59 Å². The van der Waals surface area contributed by atoms with Crippen LogP contribution in [0, 0.1) is 13.8 Å². The number of nitrogens with zero attached hydrogens (tertiary/aromatic N) is 4. The number of benzene rings is 2. The molecular formula is C22H24N4O5S. The molecule has 0 radical (unpaired) electrons. The smallest absolute Gasteiger partial charge is 0.275 e. The Balaban J connectivity index is 1.48. The van der Waals surface area contributed by atoms with E-state index < -0.39 is 10.0 Å². The van der Waals surface area contributed by atoms with Gasteiger partial charge in [0.1, 0.15) is 17.2 Å². The fourth-order valence-corrected chi connectivity index (χ4v) is 5.47. The third-order valence-electron chi connectivity index (χ3n) is 5.66. The van der Waals surface area contributed by atoms with Crippen LogP contribution < -0.4 is 5.56 Å². The zero-order valence-corrected chi connectivity index (χ0v) is 18.7. The molecule has 1 saturated heterocycles. The molecule has 9 nitrogen and oxygen atoms in total. The van der Waals surface area contributed by atoms with Crippen LogP contribution in [0.4, 0.5) is 0 Å². The Kier molecular flexibility index (Phi) is 5.74. The predicted molar refractivity (Wildman–Crippen MR) is 119 cm³/mol. The summed E-state index contributed by atoms with van der Waals surface area (Å²) in [5.74, 6) is -0.601. The molecule has 0 bridgehead atoms. The van der Waals surface area contributed by atoms with Gasteiger partial charge in [-0.25, -0.2) is 13.1 Å².